The number of halogens is 2. The average molecular weight is 301 g/mol. The standard InChI is InChI=1S/C11H9F2N3O3S/c12-11(13)19-8-2-1-7(14-6-8)5-15-10-9(16(17)18)3-4-20-10/h1-4,6,11,15H,5H2. The molecule has 0 unspecified atom stereocenters. The number of aromatic nitrogens is 1. The molecule has 0 atom stereocenters. The molecule has 20 heavy (non-hydrogen) atoms. The minimum atomic E-state index is -2.89. The van der Waals surface area contributed by atoms with Crippen LogP contribution in [-0.4, -0.2) is 16.5 Å². The van der Waals surface area contributed by atoms with Crippen LogP contribution in [0.1, 0.15) is 5.69 Å². The second-order valence-electron chi connectivity index (χ2n) is 3.61. The Morgan fingerprint density at radius 1 is 1.45 bits per heavy atom. The number of nitrogens with zero attached hydrogens (tertiary/aromatic N) is 2. The zero-order valence-corrected chi connectivity index (χ0v) is 10.8. The Morgan fingerprint density at radius 2 is 2.25 bits per heavy atom. The van der Waals surface area contributed by atoms with Gasteiger partial charge < -0.3 is 10.1 Å². The van der Waals surface area contributed by atoms with E-state index in [4.69, 9.17) is 0 Å². The van der Waals surface area contributed by atoms with Gasteiger partial charge in [0, 0.05) is 6.07 Å². The smallest absolute Gasteiger partial charge is 0.387 e. The van der Waals surface area contributed by atoms with E-state index in [2.05, 4.69) is 15.0 Å². The molecule has 0 spiro atoms. The number of nitrogens with one attached hydrogen (secondary N) is 1. The van der Waals surface area contributed by atoms with Crippen molar-refractivity contribution in [2.75, 3.05) is 5.32 Å². The fraction of sp³-hybridized carbons (Fsp3) is 0.182. The highest BCUT2D eigenvalue weighted by Crippen LogP contribution is 2.30. The first-order chi connectivity index (χ1) is 9.56. The van der Waals surface area contributed by atoms with Gasteiger partial charge in [-0.2, -0.15) is 8.78 Å². The lowest BCUT2D eigenvalue weighted by atomic mass is 10.3. The van der Waals surface area contributed by atoms with E-state index in [0.717, 1.165) is 0 Å². The summed E-state index contributed by atoms with van der Waals surface area (Å²) in [5, 5.41) is 15.6. The molecule has 0 aliphatic heterocycles. The Morgan fingerprint density at radius 3 is 2.85 bits per heavy atom. The summed E-state index contributed by atoms with van der Waals surface area (Å²) >= 11 is 1.20. The molecule has 0 saturated heterocycles. The van der Waals surface area contributed by atoms with Gasteiger partial charge in [0.2, 0.25) is 0 Å². The maximum Gasteiger partial charge on any atom is 0.387 e. The predicted molar refractivity (Wildman–Crippen MR) is 69.2 cm³/mol. The fourth-order valence-corrected chi connectivity index (χ4v) is 2.19. The van der Waals surface area contributed by atoms with Gasteiger partial charge >= 0.3 is 12.3 Å². The number of alkyl halides is 2. The first-order valence-electron chi connectivity index (χ1n) is 5.42. The van der Waals surface area contributed by atoms with Crippen LogP contribution >= 0.6 is 11.3 Å². The highest BCUT2D eigenvalue weighted by atomic mass is 32.1. The maximum absolute atomic E-state index is 12.0. The van der Waals surface area contributed by atoms with Gasteiger partial charge in [-0.3, -0.25) is 15.1 Å². The number of pyridine rings is 1. The van der Waals surface area contributed by atoms with Gasteiger partial charge in [0.15, 0.2) is 5.00 Å². The molecule has 106 valence electrons. The second kappa shape index (κ2) is 6.24. The molecule has 9 heteroatoms. The van der Waals surface area contributed by atoms with Crippen LogP contribution in [0, 0.1) is 10.1 Å². The third kappa shape index (κ3) is 3.60. The van der Waals surface area contributed by atoms with Crippen molar-refractivity contribution in [3.05, 3.63) is 45.6 Å². The normalized spacial score (nSPS) is 10.6. The van der Waals surface area contributed by atoms with Crippen molar-refractivity contribution in [2.24, 2.45) is 0 Å². The second-order valence-corrected chi connectivity index (χ2v) is 4.53. The summed E-state index contributed by atoms with van der Waals surface area (Å²) in [6.45, 7) is -2.65. The molecule has 1 N–H and O–H groups in total. The van der Waals surface area contributed by atoms with Crippen molar-refractivity contribution in [3.63, 3.8) is 0 Å². The van der Waals surface area contributed by atoms with Crippen LogP contribution in [0.2, 0.25) is 0 Å². The number of rotatable bonds is 6. The number of ether oxygens (including phenoxy) is 1. The Labute approximate surface area is 116 Å². The van der Waals surface area contributed by atoms with Crippen molar-refractivity contribution >= 4 is 22.0 Å². The molecular formula is C11H9F2N3O3S. The minimum Gasteiger partial charge on any atom is -0.433 e. The number of thiophene rings is 1. The van der Waals surface area contributed by atoms with Crippen LogP contribution in [0.5, 0.6) is 5.75 Å². The summed E-state index contributed by atoms with van der Waals surface area (Å²) < 4.78 is 28.1. The van der Waals surface area contributed by atoms with Gasteiger partial charge in [-0.25, -0.2) is 0 Å². The molecule has 2 heterocycles. The zero-order chi connectivity index (χ0) is 14.5. The van der Waals surface area contributed by atoms with E-state index in [-0.39, 0.29) is 18.0 Å². The van der Waals surface area contributed by atoms with E-state index < -0.39 is 11.5 Å². The van der Waals surface area contributed by atoms with E-state index >= 15 is 0 Å². The average Bonchev–Trinajstić information content (AvgIpc) is 2.86. The number of anilines is 1. The summed E-state index contributed by atoms with van der Waals surface area (Å²) in [4.78, 5) is 14.1. The van der Waals surface area contributed by atoms with Crippen LogP contribution in [0.3, 0.4) is 0 Å². The van der Waals surface area contributed by atoms with Crippen LogP contribution in [-0.2, 0) is 6.54 Å². The van der Waals surface area contributed by atoms with E-state index in [0.29, 0.717) is 10.7 Å². The molecule has 2 rings (SSSR count). The van der Waals surface area contributed by atoms with E-state index in [1.807, 2.05) is 0 Å². The third-order valence-corrected chi connectivity index (χ3v) is 3.16. The molecule has 2 aromatic heterocycles. The van der Waals surface area contributed by atoms with E-state index in [1.165, 1.54) is 35.7 Å². The van der Waals surface area contributed by atoms with Crippen LogP contribution in [0.15, 0.2) is 29.8 Å². The predicted octanol–water partition coefficient (Wildman–Crippen LogP) is 3.26. The van der Waals surface area contributed by atoms with E-state index in [9.17, 15) is 18.9 Å². The Balaban J connectivity index is 1.97. The minimum absolute atomic E-state index is 0.00680. The molecular weight excluding hydrogens is 292 g/mol. The van der Waals surface area contributed by atoms with E-state index in [1.54, 1.807) is 5.38 Å². The summed E-state index contributed by atoms with van der Waals surface area (Å²) in [7, 11) is 0. The number of hydrogen-bond donors (Lipinski definition) is 1. The molecule has 6 nitrogen and oxygen atoms in total. The van der Waals surface area contributed by atoms with Gasteiger partial charge in [0.1, 0.15) is 5.75 Å². The molecule has 0 radical (unpaired) electrons. The van der Waals surface area contributed by atoms with Crippen molar-refractivity contribution in [1.82, 2.24) is 4.98 Å². The first-order valence-corrected chi connectivity index (χ1v) is 6.29. The summed E-state index contributed by atoms with van der Waals surface area (Å²) in [6.07, 6.45) is 1.17. The quantitative estimate of drug-likeness (QED) is 0.654. The van der Waals surface area contributed by atoms with Crippen molar-refractivity contribution < 1.29 is 18.4 Å². The highest BCUT2D eigenvalue weighted by molar-refractivity contribution is 7.14. The molecule has 0 fully saturated rings. The first kappa shape index (κ1) is 14.1. The van der Waals surface area contributed by atoms with Crippen molar-refractivity contribution in [2.45, 2.75) is 13.2 Å². The highest BCUT2D eigenvalue weighted by Gasteiger charge is 2.14. The molecule has 0 amide bonds. The molecule has 0 bridgehead atoms. The Kier molecular flexibility index (Phi) is 4.41. The van der Waals surface area contributed by atoms with Crippen LogP contribution < -0.4 is 10.1 Å². The zero-order valence-electron chi connectivity index (χ0n) is 9.95. The molecule has 0 aromatic carbocycles. The molecule has 0 saturated carbocycles. The molecule has 2 aromatic rings. The van der Waals surface area contributed by atoms with Crippen molar-refractivity contribution in [3.8, 4) is 5.75 Å². The summed E-state index contributed by atoms with van der Waals surface area (Å²) in [6, 6.07) is 4.27. The molecule has 0 aliphatic carbocycles. The lowest BCUT2D eigenvalue weighted by molar-refractivity contribution is -0.383. The van der Waals surface area contributed by atoms with Gasteiger partial charge in [0.25, 0.3) is 0 Å². The van der Waals surface area contributed by atoms with Gasteiger partial charge in [-0.05, 0) is 17.5 Å². The van der Waals surface area contributed by atoms with Crippen LogP contribution in [0.4, 0.5) is 19.5 Å². The third-order valence-electron chi connectivity index (χ3n) is 2.29. The SMILES string of the molecule is O=[N+]([O-])c1ccsc1NCc1ccc(OC(F)F)cn1. The summed E-state index contributed by atoms with van der Waals surface area (Å²) in [5.74, 6) is -0.0362. The van der Waals surface area contributed by atoms with Crippen LogP contribution in [0.25, 0.3) is 0 Å². The topological polar surface area (TPSA) is 77.3 Å². The lowest BCUT2D eigenvalue weighted by Crippen LogP contribution is -2.04. The maximum atomic E-state index is 12.0. The Hall–Kier alpha value is -2.29. The van der Waals surface area contributed by atoms with Gasteiger partial charge in [-0.1, -0.05) is 0 Å². The lowest BCUT2D eigenvalue weighted by Gasteiger charge is -2.06. The summed E-state index contributed by atoms with van der Waals surface area (Å²) in [5.41, 5.74) is 0.543. The largest absolute Gasteiger partial charge is 0.433 e. The number of nitro groups is 1. The fourth-order valence-electron chi connectivity index (χ4n) is 1.44. The Bertz CT molecular complexity index is 589. The molecule has 0 aliphatic rings. The van der Waals surface area contributed by atoms with Gasteiger partial charge in [-0.15, -0.1) is 11.3 Å². The van der Waals surface area contributed by atoms with Gasteiger partial charge in [0.05, 0.1) is 23.4 Å². The number of hydrogen-bond acceptors (Lipinski definition) is 6. The monoisotopic (exact) mass is 301 g/mol. The van der Waals surface area contributed by atoms with Crippen molar-refractivity contribution in [1.29, 1.82) is 0 Å².